The average molecular weight is 342 g/mol. The predicted molar refractivity (Wildman–Crippen MR) is 95.2 cm³/mol. The number of carbonyl (C=O) groups is 1. The first-order valence-electron chi connectivity index (χ1n) is 8.57. The summed E-state index contributed by atoms with van der Waals surface area (Å²) in [6, 6.07) is 14.1. The Bertz CT molecular complexity index is 733. The molecule has 2 aromatic carbocycles. The summed E-state index contributed by atoms with van der Waals surface area (Å²) in [5, 5.41) is 5.99. The number of nitrogens with one attached hydrogen (secondary N) is 2. The normalized spacial score (nSPS) is 19.8. The standard InChI is InChI=1S/C20H23FN2O2/c1-3-18(13-7-9-16(25-2)10-8-13)22-20(24)23-19-12-17(19)14-5-4-6-15(21)11-14/h4-11,17-19H,3,12H2,1-2H3,(H2,22,23,24). The fourth-order valence-corrected chi connectivity index (χ4v) is 3.09. The van der Waals surface area contributed by atoms with E-state index in [1.165, 1.54) is 12.1 Å². The molecule has 0 saturated heterocycles. The summed E-state index contributed by atoms with van der Waals surface area (Å²) >= 11 is 0. The number of hydrogen-bond donors (Lipinski definition) is 2. The number of urea groups is 1. The highest BCUT2D eigenvalue weighted by Gasteiger charge is 2.39. The number of rotatable bonds is 6. The summed E-state index contributed by atoms with van der Waals surface area (Å²) < 4.78 is 18.5. The third kappa shape index (κ3) is 4.29. The molecule has 2 amide bonds. The first-order chi connectivity index (χ1) is 12.1. The highest BCUT2D eigenvalue weighted by atomic mass is 19.1. The van der Waals surface area contributed by atoms with Crippen LogP contribution in [0, 0.1) is 5.82 Å². The van der Waals surface area contributed by atoms with Crippen LogP contribution in [0.3, 0.4) is 0 Å². The van der Waals surface area contributed by atoms with Gasteiger partial charge in [0.1, 0.15) is 11.6 Å². The highest BCUT2D eigenvalue weighted by Crippen LogP contribution is 2.40. The molecule has 1 aliphatic carbocycles. The van der Waals surface area contributed by atoms with E-state index in [2.05, 4.69) is 10.6 Å². The number of carbonyl (C=O) groups excluding carboxylic acids is 1. The molecular formula is C20H23FN2O2. The van der Waals surface area contributed by atoms with Crippen LogP contribution in [-0.4, -0.2) is 19.2 Å². The van der Waals surface area contributed by atoms with Gasteiger partial charge in [-0.2, -0.15) is 0 Å². The highest BCUT2D eigenvalue weighted by molar-refractivity contribution is 5.75. The molecule has 1 saturated carbocycles. The molecule has 132 valence electrons. The predicted octanol–water partition coefficient (Wildman–Crippen LogP) is 4.14. The zero-order chi connectivity index (χ0) is 17.8. The van der Waals surface area contributed by atoms with E-state index in [1.54, 1.807) is 13.2 Å². The van der Waals surface area contributed by atoms with Crippen LogP contribution in [0.15, 0.2) is 48.5 Å². The summed E-state index contributed by atoms with van der Waals surface area (Å²) in [4.78, 5) is 12.3. The van der Waals surface area contributed by atoms with E-state index >= 15 is 0 Å². The van der Waals surface area contributed by atoms with Gasteiger partial charge in [0.2, 0.25) is 0 Å². The van der Waals surface area contributed by atoms with Crippen LogP contribution in [0.2, 0.25) is 0 Å². The molecule has 2 N–H and O–H groups in total. The Morgan fingerprint density at radius 1 is 1.28 bits per heavy atom. The molecule has 0 bridgehead atoms. The lowest BCUT2D eigenvalue weighted by molar-refractivity contribution is 0.236. The average Bonchev–Trinajstić information content (AvgIpc) is 3.39. The maximum Gasteiger partial charge on any atom is 0.315 e. The number of benzene rings is 2. The summed E-state index contributed by atoms with van der Waals surface area (Å²) in [6.07, 6.45) is 1.63. The number of halogens is 1. The van der Waals surface area contributed by atoms with Crippen molar-refractivity contribution >= 4 is 6.03 Å². The molecule has 1 fully saturated rings. The van der Waals surface area contributed by atoms with E-state index in [-0.39, 0.29) is 29.8 Å². The Kier molecular flexibility index (Phi) is 5.22. The first-order valence-corrected chi connectivity index (χ1v) is 8.57. The second kappa shape index (κ2) is 7.55. The SMILES string of the molecule is CCC(NC(=O)NC1CC1c1cccc(F)c1)c1ccc(OC)cc1. The molecule has 0 spiro atoms. The lowest BCUT2D eigenvalue weighted by atomic mass is 10.0. The first kappa shape index (κ1) is 17.3. The van der Waals surface area contributed by atoms with E-state index in [0.29, 0.717) is 0 Å². The minimum Gasteiger partial charge on any atom is -0.497 e. The van der Waals surface area contributed by atoms with Crippen LogP contribution in [-0.2, 0) is 0 Å². The van der Waals surface area contributed by atoms with Crippen LogP contribution in [0.1, 0.15) is 42.9 Å². The van der Waals surface area contributed by atoms with Gasteiger partial charge in [0.05, 0.1) is 13.2 Å². The molecule has 25 heavy (non-hydrogen) atoms. The number of ether oxygens (including phenoxy) is 1. The third-order valence-electron chi connectivity index (χ3n) is 4.62. The molecule has 3 atom stereocenters. The van der Waals surface area contributed by atoms with Gasteiger partial charge >= 0.3 is 6.03 Å². The molecule has 2 aromatic rings. The van der Waals surface area contributed by atoms with Gasteiger partial charge in [-0.05, 0) is 48.2 Å². The van der Waals surface area contributed by atoms with Crippen molar-refractivity contribution in [1.82, 2.24) is 10.6 Å². The van der Waals surface area contributed by atoms with Crippen molar-refractivity contribution in [2.45, 2.75) is 37.8 Å². The molecule has 0 aliphatic heterocycles. The molecule has 1 aliphatic rings. The minimum atomic E-state index is -0.238. The van der Waals surface area contributed by atoms with E-state index in [1.807, 2.05) is 37.3 Å². The molecule has 0 radical (unpaired) electrons. The summed E-state index contributed by atoms with van der Waals surface area (Å²) in [5.74, 6) is 0.750. The number of methoxy groups -OCH3 is 1. The van der Waals surface area contributed by atoms with Crippen molar-refractivity contribution in [2.75, 3.05) is 7.11 Å². The Hall–Kier alpha value is -2.56. The monoisotopic (exact) mass is 342 g/mol. The zero-order valence-electron chi connectivity index (χ0n) is 14.5. The second-order valence-corrected chi connectivity index (χ2v) is 6.36. The Balaban J connectivity index is 1.54. The van der Waals surface area contributed by atoms with E-state index in [9.17, 15) is 9.18 Å². The molecular weight excluding hydrogens is 319 g/mol. The number of hydrogen-bond acceptors (Lipinski definition) is 2. The van der Waals surface area contributed by atoms with Gasteiger partial charge in [0, 0.05) is 12.0 Å². The second-order valence-electron chi connectivity index (χ2n) is 6.36. The van der Waals surface area contributed by atoms with Gasteiger partial charge in [-0.3, -0.25) is 0 Å². The van der Waals surface area contributed by atoms with E-state index < -0.39 is 0 Å². The maximum atomic E-state index is 13.3. The van der Waals surface area contributed by atoms with Gasteiger partial charge in [0.15, 0.2) is 0 Å². The molecule has 4 nitrogen and oxygen atoms in total. The maximum absolute atomic E-state index is 13.3. The van der Waals surface area contributed by atoms with Gasteiger partial charge in [-0.1, -0.05) is 31.2 Å². The van der Waals surface area contributed by atoms with Crippen molar-refractivity contribution in [3.63, 3.8) is 0 Å². The van der Waals surface area contributed by atoms with Gasteiger partial charge in [0.25, 0.3) is 0 Å². The smallest absolute Gasteiger partial charge is 0.315 e. The molecule has 3 unspecified atom stereocenters. The quantitative estimate of drug-likeness (QED) is 0.829. The molecule has 5 heteroatoms. The van der Waals surface area contributed by atoms with Crippen LogP contribution in [0.25, 0.3) is 0 Å². The summed E-state index contributed by atoms with van der Waals surface area (Å²) in [5.41, 5.74) is 1.98. The third-order valence-corrected chi connectivity index (χ3v) is 4.62. The molecule has 0 aromatic heterocycles. The van der Waals surface area contributed by atoms with Gasteiger partial charge < -0.3 is 15.4 Å². The van der Waals surface area contributed by atoms with Crippen LogP contribution in [0.5, 0.6) is 5.75 Å². The van der Waals surface area contributed by atoms with Crippen molar-refractivity contribution in [3.8, 4) is 5.75 Å². The minimum absolute atomic E-state index is 0.0581. The lowest BCUT2D eigenvalue weighted by Gasteiger charge is -2.18. The Labute approximate surface area is 147 Å². The summed E-state index contributed by atoms with van der Waals surface area (Å²) in [7, 11) is 1.63. The van der Waals surface area contributed by atoms with Crippen LogP contribution >= 0.6 is 0 Å². The van der Waals surface area contributed by atoms with Gasteiger partial charge in [-0.25, -0.2) is 9.18 Å². The van der Waals surface area contributed by atoms with Gasteiger partial charge in [-0.15, -0.1) is 0 Å². The van der Waals surface area contributed by atoms with Crippen molar-refractivity contribution in [1.29, 1.82) is 0 Å². The lowest BCUT2D eigenvalue weighted by Crippen LogP contribution is -2.39. The van der Waals surface area contributed by atoms with E-state index in [4.69, 9.17) is 4.74 Å². The number of amides is 2. The van der Waals surface area contributed by atoms with Crippen molar-refractivity contribution in [2.24, 2.45) is 0 Å². The summed E-state index contributed by atoms with van der Waals surface area (Å²) in [6.45, 7) is 2.03. The Morgan fingerprint density at radius 2 is 2.04 bits per heavy atom. The zero-order valence-corrected chi connectivity index (χ0v) is 14.5. The van der Waals surface area contributed by atoms with Crippen molar-refractivity contribution < 1.29 is 13.9 Å². The topological polar surface area (TPSA) is 50.4 Å². The molecule has 0 heterocycles. The van der Waals surface area contributed by atoms with Crippen molar-refractivity contribution in [3.05, 3.63) is 65.5 Å². The van der Waals surface area contributed by atoms with E-state index in [0.717, 1.165) is 29.7 Å². The Morgan fingerprint density at radius 3 is 2.68 bits per heavy atom. The van der Waals surface area contributed by atoms with Crippen LogP contribution < -0.4 is 15.4 Å². The molecule has 3 rings (SSSR count). The fraction of sp³-hybridized carbons (Fsp3) is 0.350. The largest absolute Gasteiger partial charge is 0.497 e. The van der Waals surface area contributed by atoms with Crippen LogP contribution in [0.4, 0.5) is 9.18 Å². The fourth-order valence-electron chi connectivity index (χ4n) is 3.09.